The number of hydrogen-bond acceptors (Lipinski definition) is 6. The average Bonchev–Trinajstić information content (AvgIpc) is 2.73. The predicted molar refractivity (Wildman–Crippen MR) is 147 cm³/mol. The third-order valence-corrected chi connectivity index (χ3v) is 9.78. The number of nitrogens with zero attached hydrogens (tertiary/aromatic N) is 1. The van der Waals surface area contributed by atoms with Gasteiger partial charge in [0.05, 0.1) is 22.5 Å². The quantitative estimate of drug-likeness (QED) is 0.307. The highest BCUT2D eigenvalue weighted by molar-refractivity contribution is 7.89. The van der Waals surface area contributed by atoms with E-state index in [-0.39, 0.29) is 46.1 Å². The van der Waals surface area contributed by atoms with Crippen LogP contribution in [0.15, 0.2) is 38.5 Å². The molecule has 2 heterocycles. The highest BCUT2D eigenvalue weighted by atomic mass is 35.5. The number of hydrogen-bond donors (Lipinski definition) is 2. The zero-order valence-electron chi connectivity index (χ0n) is 23.0. The molecule has 7 nitrogen and oxygen atoms in total. The zero-order valence-corrected chi connectivity index (χ0v) is 24.6. The second-order valence-corrected chi connectivity index (χ2v) is 14.4. The van der Waals surface area contributed by atoms with Crippen LogP contribution in [-0.2, 0) is 15.4 Å². The van der Waals surface area contributed by atoms with Crippen molar-refractivity contribution in [3.63, 3.8) is 0 Å². The van der Waals surface area contributed by atoms with Crippen molar-refractivity contribution in [2.45, 2.75) is 89.0 Å². The molecule has 0 radical (unpaired) electrons. The van der Waals surface area contributed by atoms with E-state index in [0.717, 1.165) is 5.56 Å². The first-order chi connectivity index (χ1) is 18.3. The number of aryl methyl sites for hydroxylation is 1. The predicted octanol–water partition coefficient (Wildman–Crippen LogP) is 6.69. The highest BCUT2D eigenvalue weighted by Crippen LogP contribution is 2.78. The van der Waals surface area contributed by atoms with Crippen LogP contribution in [0.2, 0.25) is 5.15 Å². The molecule has 3 aliphatic rings. The lowest BCUT2D eigenvalue weighted by molar-refractivity contribution is -0.340. The molecule has 0 amide bonds. The summed E-state index contributed by atoms with van der Waals surface area (Å²) < 4.78 is 75.8. The molecule has 1 aromatic carbocycles. The van der Waals surface area contributed by atoms with Crippen LogP contribution < -0.4 is 15.5 Å². The fourth-order valence-corrected chi connectivity index (χ4v) is 7.96. The van der Waals surface area contributed by atoms with Crippen LogP contribution in [-0.4, -0.2) is 25.1 Å². The average molecular weight is 598 g/mol. The van der Waals surface area contributed by atoms with E-state index in [0.29, 0.717) is 22.3 Å². The third-order valence-electron chi connectivity index (χ3n) is 7.87. The van der Waals surface area contributed by atoms with Gasteiger partial charge in [-0.1, -0.05) is 17.7 Å². The molecule has 6 rings (SSSR count). The Morgan fingerprint density at radius 1 is 1.10 bits per heavy atom. The van der Waals surface area contributed by atoms with E-state index in [2.05, 4.69) is 15.0 Å². The van der Waals surface area contributed by atoms with Crippen LogP contribution in [0.1, 0.15) is 75.4 Å². The molecule has 3 aliphatic carbocycles. The van der Waals surface area contributed by atoms with Gasteiger partial charge < -0.3 is 9.73 Å². The molecule has 12 heteroatoms. The Labute approximate surface area is 235 Å². The molecule has 0 unspecified atom stereocenters. The third kappa shape index (κ3) is 4.59. The summed E-state index contributed by atoms with van der Waals surface area (Å²) >= 11 is 6.05. The van der Waals surface area contributed by atoms with E-state index in [1.165, 1.54) is 12.1 Å². The molecule has 3 aromatic rings. The Balaban J connectivity index is 1.57. The van der Waals surface area contributed by atoms with Crippen LogP contribution in [0.3, 0.4) is 0 Å². The van der Waals surface area contributed by atoms with Crippen molar-refractivity contribution >= 4 is 38.3 Å². The Bertz CT molecular complexity index is 1690. The molecule has 0 saturated heterocycles. The van der Waals surface area contributed by atoms with Gasteiger partial charge >= 0.3 is 6.18 Å². The molecule has 2 aromatic heterocycles. The molecular weight excluding hydrogens is 567 g/mol. The summed E-state index contributed by atoms with van der Waals surface area (Å²) in [6.45, 7) is 10.3. The van der Waals surface area contributed by atoms with Crippen molar-refractivity contribution in [1.82, 2.24) is 9.71 Å². The summed E-state index contributed by atoms with van der Waals surface area (Å²) in [6.07, 6.45) is -4.56. The molecule has 216 valence electrons. The number of anilines is 1. The summed E-state index contributed by atoms with van der Waals surface area (Å²) in [5, 5.41) is 3.19. The van der Waals surface area contributed by atoms with Crippen molar-refractivity contribution in [2.24, 2.45) is 5.41 Å². The van der Waals surface area contributed by atoms with Crippen molar-refractivity contribution < 1.29 is 26.0 Å². The molecule has 1 atom stereocenters. The standard InChI is InChI=1S/C28H31ClF3N3O4S/c1-14-9-17(16(3)33-19-7-8-20(29)34-24(19)40(37,38)35-25(4,5)6)22-18(10-14)21(36)15(2)23(39-22)26-11-27(12-26,13-26)28(30,31)32/h7-10,16,33,35H,11-13H2,1-6H3/t16-,26?,27?/m1/s1. The number of sulfonamides is 1. The zero-order chi connectivity index (χ0) is 29.6. The van der Waals surface area contributed by atoms with Gasteiger partial charge in [-0.3, -0.25) is 4.79 Å². The topological polar surface area (TPSA) is 101 Å². The number of pyridine rings is 1. The van der Waals surface area contributed by atoms with E-state index >= 15 is 0 Å². The minimum absolute atomic E-state index is 0.00482. The molecule has 0 aliphatic heterocycles. The fraction of sp³-hybridized carbons (Fsp3) is 0.500. The monoisotopic (exact) mass is 597 g/mol. The van der Waals surface area contributed by atoms with Crippen LogP contribution in [0.5, 0.6) is 0 Å². The van der Waals surface area contributed by atoms with E-state index in [9.17, 15) is 26.4 Å². The van der Waals surface area contributed by atoms with E-state index < -0.39 is 38.6 Å². The van der Waals surface area contributed by atoms with Gasteiger partial charge in [-0.15, -0.1) is 0 Å². The molecular formula is C28H31ClF3N3O4S. The summed E-state index contributed by atoms with van der Waals surface area (Å²) in [4.78, 5) is 17.5. The Hall–Kier alpha value is -2.63. The minimum atomic E-state index is -4.28. The van der Waals surface area contributed by atoms with Crippen LogP contribution in [0, 0.1) is 19.3 Å². The lowest BCUT2D eigenvalue weighted by atomic mass is 9.34. The van der Waals surface area contributed by atoms with Gasteiger partial charge in [0.15, 0.2) is 10.5 Å². The summed E-state index contributed by atoms with van der Waals surface area (Å²) in [5.74, 6) is 0.305. The van der Waals surface area contributed by atoms with Crippen molar-refractivity contribution in [3.05, 3.63) is 62.1 Å². The van der Waals surface area contributed by atoms with E-state index in [1.807, 2.05) is 13.0 Å². The van der Waals surface area contributed by atoms with Gasteiger partial charge in [-0.05, 0) is 84.6 Å². The van der Waals surface area contributed by atoms with Crippen molar-refractivity contribution in [1.29, 1.82) is 0 Å². The second-order valence-electron chi connectivity index (χ2n) is 12.4. The Kier molecular flexibility index (Phi) is 6.45. The lowest BCUT2D eigenvalue weighted by Crippen LogP contribution is -2.70. The number of rotatable bonds is 6. The summed E-state index contributed by atoms with van der Waals surface area (Å²) in [5.41, 5.74) is -1.45. The first-order valence-corrected chi connectivity index (χ1v) is 14.8. The molecule has 0 spiro atoms. The smallest absolute Gasteiger partial charge is 0.394 e. The summed E-state index contributed by atoms with van der Waals surface area (Å²) in [6, 6.07) is 5.89. The number of nitrogens with one attached hydrogen (secondary N) is 2. The largest absolute Gasteiger partial charge is 0.460 e. The van der Waals surface area contributed by atoms with Crippen LogP contribution in [0.4, 0.5) is 18.9 Å². The number of benzene rings is 1. The highest BCUT2D eigenvalue weighted by Gasteiger charge is 2.80. The van der Waals surface area contributed by atoms with Crippen molar-refractivity contribution in [3.8, 4) is 0 Å². The van der Waals surface area contributed by atoms with E-state index in [4.69, 9.17) is 16.0 Å². The van der Waals surface area contributed by atoms with Crippen LogP contribution >= 0.6 is 11.6 Å². The Morgan fingerprint density at radius 2 is 1.73 bits per heavy atom. The first kappa shape index (κ1) is 28.9. The van der Waals surface area contributed by atoms with Gasteiger partial charge in [0.25, 0.3) is 10.0 Å². The van der Waals surface area contributed by atoms with Gasteiger partial charge in [0.1, 0.15) is 16.5 Å². The number of alkyl halides is 3. The molecule has 3 saturated carbocycles. The van der Waals surface area contributed by atoms with Gasteiger partial charge in [-0.2, -0.15) is 13.2 Å². The Morgan fingerprint density at radius 3 is 2.30 bits per heavy atom. The maximum absolute atomic E-state index is 13.5. The SMILES string of the molecule is Cc1cc([C@@H](C)Nc2ccc(Cl)nc2S(=O)(=O)NC(C)(C)C)c2oc(C34CC(C(F)(F)F)(C3)C4)c(C)c(=O)c2c1. The normalized spacial score (nSPS) is 23.4. The lowest BCUT2D eigenvalue weighted by Gasteiger charge is -2.69. The summed E-state index contributed by atoms with van der Waals surface area (Å²) in [7, 11) is -4.07. The minimum Gasteiger partial charge on any atom is -0.460 e. The molecule has 2 N–H and O–H groups in total. The molecule has 40 heavy (non-hydrogen) atoms. The fourth-order valence-electron chi connectivity index (χ4n) is 6.22. The number of aromatic nitrogens is 1. The number of fused-ring (bicyclic) bond motifs is 1. The van der Waals surface area contributed by atoms with Gasteiger partial charge in [0, 0.05) is 22.1 Å². The first-order valence-electron chi connectivity index (χ1n) is 12.9. The number of halogens is 4. The van der Waals surface area contributed by atoms with Gasteiger partial charge in [0.2, 0.25) is 0 Å². The molecule has 2 bridgehead atoms. The maximum atomic E-state index is 13.5. The maximum Gasteiger partial charge on any atom is 0.394 e. The van der Waals surface area contributed by atoms with Crippen LogP contribution in [0.25, 0.3) is 11.0 Å². The van der Waals surface area contributed by atoms with E-state index in [1.54, 1.807) is 40.7 Å². The van der Waals surface area contributed by atoms with Gasteiger partial charge in [-0.25, -0.2) is 18.1 Å². The molecule has 3 fully saturated rings. The second kappa shape index (κ2) is 8.93. The van der Waals surface area contributed by atoms with Crippen molar-refractivity contribution in [2.75, 3.05) is 5.32 Å².